The Labute approximate surface area is 227 Å². The van der Waals surface area contributed by atoms with Crippen molar-refractivity contribution >= 4 is 23.2 Å². The third kappa shape index (κ3) is 5.66. The van der Waals surface area contributed by atoms with Crippen LogP contribution in [0.15, 0.2) is 133 Å². The Morgan fingerprint density at radius 2 is 1.06 bits per heavy atom. The normalized spacial score (nSPS) is 18.2. The fourth-order valence-electron chi connectivity index (χ4n) is 5.52. The van der Waals surface area contributed by atoms with Crippen LogP contribution in [0.5, 0.6) is 0 Å². The molecule has 184 valence electrons. The molecule has 0 aromatic heterocycles. The van der Waals surface area contributed by atoms with Crippen molar-refractivity contribution < 1.29 is 21.7 Å². The molecule has 0 amide bonds. The number of halogens is 1. The fraction of sp³-hybridized carbons (Fsp3) is 0.212. The molecule has 0 bridgehead atoms. The van der Waals surface area contributed by atoms with Crippen LogP contribution in [0.25, 0.3) is 0 Å². The molecule has 0 spiro atoms. The summed E-state index contributed by atoms with van der Waals surface area (Å²) in [6.45, 7) is 2.17. The van der Waals surface area contributed by atoms with Gasteiger partial charge in [-0.3, -0.25) is 0 Å². The van der Waals surface area contributed by atoms with E-state index < -0.39 is 7.26 Å². The molecule has 1 nitrogen and oxygen atoms in total. The van der Waals surface area contributed by atoms with Gasteiger partial charge in [0.25, 0.3) is 0 Å². The van der Waals surface area contributed by atoms with Gasteiger partial charge in [0.2, 0.25) is 0 Å². The lowest BCUT2D eigenvalue weighted by Gasteiger charge is -2.33. The molecular weight excluding hydrogens is 523 g/mol. The molecule has 0 radical (unpaired) electrons. The molecule has 0 saturated heterocycles. The SMILES string of the molecule is C/C(=C\[P+](c1ccccc1)(c1ccccc1)c1ccccc1)O[C@@H]1CCCC[C@H]1c1ccccc1.[Br-]. The number of benzene rings is 4. The zero-order valence-corrected chi connectivity index (χ0v) is 23.3. The Bertz CT molecular complexity index is 1130. The van der Waals surface area contributed by atoms with Gasteiger partial charge in [-0.05, 0) is 68.1 Å². The van der Waals surface area contributed by atoms with Crippen LogP contribution < -0.4 is 32.9 Å². The van der Waals surface area contributed by atoms with Gasteiger partial charge in [0, 0.05) is 5.92 Å². The molecule has 1 saturated carbocycles. The first-order valence-corrected chi connectivity index (χ1v) is 14.6. The highest BCUT2D eigenvalue weighted by molar-refractivity contribution is 7.98. The second kappa shape index (κ2) is 12.5. The van der Waals surface area contributed by atoms with Crippen LogP contribution in [0.2, 0.25) is 0 Å². The van der Waals surface area contributed by atoms with Gasteiger partial charge in [-0.2, -0.15) is 0 Å². The van der Waals surface area contributed by atoms with Gasteiger partial charge in [-0.1, -0.05) is 91.3 Å². The lowest BCUT2D eigenvalue weighted by Crippen LogP contribution is -3.00. The summed E-state index contributed by atoms with van der Waals surface area (Å²) < 4.78 is 6.87. The Hall–Kier alpha value is -2.67. The van der Waals surface area contributed by atoms with Crippen molar-refractivity contribution in [2.24, 2.45) is 0 Å². The first kappa shape index (κ1) is 26.4. The summed E-state index contributed by atoms with van der Waals surface area (Å²) in [5.41, 5.74) is 1.40. The van der Waals surface area contributed by atoms with E-state index in [4.69, 9.17) is 4.74 Å². The van der Waals surface area contributed by atoms with Gasteiger partial charge in [0.05, 0.1) is 0 Å². The van der Waals surface area contributed by atoms with Crippen LogP contribution in [0.1, 0.15) is 44.1 Å². The predicted molar refractivity (Wildman–Crippen MR) is 151 cm³/mol. The van der Waals surface area contributed by atoms with Crippen molar-refractivity contribution in [3.8, 4) is 0 Å². The average molecular weight is 558 g/mol. The highest BCUT2D eigenvalue weighted by Crippen LogP contribution is 2.57. The van der Waals surface area contributed by atoms with E-state index in [0.29, 0.717) is 5.92 Å². The largest absolute Gasteiger partial charge is 1.00 e. The summed E-state index contributed by atoms with van der Waals surface area (Å²) >= 11 is 0. The fourth-order valence-corrected chi connectivity index (χ4v) is 9.40. The van der Waals surface area contributed by atoms with Crippen molar-refractivity contribution in [2.45, 2.75) is 44.6 Å². The van der Waals surface area contributed by atoms with Gasteiger partial charge < -0.3 is 21.7 Å². The van der Waals surface area contributed by atoms with E-state index in [1.54, 1.807) is 0 Å². The summed E-state index contributed by atoms with van der Waals surface area (Å²) in [7, 11) is -2.06. The minimum atomic E-state index is -2.06. The molecule has 3 heteroatoms. The van der Waals surface area contributed by atoms with E-state index in [0.717, 1.165) is 12.2 Å². The highest BCUT2D eigenvalue weighted by atomic mass is 79.9. The third-order valence-electron chi connectivity index (χ3n) is 7.13. The predicted octanol–water partition coefficient (Wildman–Crippen LogP) is 4.59. The van der Waals surface area contributed by atoms with Crippen molar-refractivity contribution in [3.63, 3.8) is 0 Å². The van der Waals surface area contributed by atoms with Gasteiger partial charge >= 0.3 is 0 Å². The Morgan fingerprint density at radius 3 is 1.53 bits per heavy atom. The average Bonchev–Trinajstić information content (AvgIpc) is 2.94. The first-order valence-electron chi connectivity index (χ1n) is 12.7. The molecule has 0 unspecified atom stereocenters. The van der Waals surface area contributed by atoms with E-state index in [1.165, 1.54) is 40.7 Å². The van der Waals surface area contributed by atoms with Crippen molar-refractivity contribution in [1.82, 2.24) is 0 Å². The minimum absolute atomic E-state index is 0. The zero-order valence-electron chi connectivity index (χ0n) is 20.8. The smallest absolute Gasteiger partial charge is 0.140 e. The molecular formula is C33H34BrOP. The number of hydrogen-bond acceptors (Lipinski definition) is 1. The van der Waals surface area contributed by atoms with E-state index in [2.05, 4.69) is 134 Å². The van der Waals surface area contributed by atoms with Crippen LogP contribution in [-0.2, 0) is 4.74 Å². The monoisotopic (exact) mass is 556 g/mol. The Kier molecular flexibility index (Phi) is 9.19. The van der Waals surface area contributed by atoms with Gasteiger partial charge in [-0.15, -0.1) is 0 Å². The van der Waals surface area contributed by atoms with Crippen LogP contribution in [0, 0.1) is 0 Å². The first-order chi connectivity index (χ1) is 17.3. The van der Waals surface area contributed by atoms with E-state index >= 15 is 0 Å². The molecule has 5 rings (SSSR count). The lowest BCUT2D eigenvalue weighted by molar-refractivity contribution is -0.00000967. The summed E-state index contributed by atoms with van der Waals surface area (Å²) in [5.74, 6) is 3.94. The summed E-state index contributed by atoms with van der Waals surface area (Å²) in [6.07, 6.45) is 5.03. The van der Waals surface area contributed by atoms with E-state index in [1.807, 2.05) is 0 Å². The molecule has 1 aliphatic rings. The topological polar surface area (TPSA) is 9.23 Å². The number of allylic oxidation sites excluding steroid dienone is 1. The quantitative estimate of drug-likeness (QED) is 0.239. The number of rotatable bonds is 7. The number of ether oxygens (including phenoxy) is 1. The standard InChI is InChI=1S/C33H34OP.BrH/c1-27(34-33-25-15-14-24-32(33)28-16-6-2-7-17-28)26-35(29-18-8-3-9-19-29,30-20-10-4-11-21-30)31-22-12-5-13-23-31;/h2-13,16-23,26,32-33H,14-15,24-25H2,1H3;1H/q+1;/p-1/b27-26+;/t32-,33+;/m0./s1. The van der Waals surface area contributed by atoms with E-state index in [9.17, 15) is 0 Å². The maximum absolute atomic E-state index is 6.87. The van der Waals surface area contributed by atoms with Crippen molar-refractivity contribution in [2.75, 3.05) is 0 Å². The molecule has 36 heavy (non-hydrogen) atoms. The Balaban J connectivity index is 0.00000304. The van der Waals surface area contributed by atoms with Crippen molar-refractivity contribution in [3.05, 3.63) is 138 Å². The molecule has 1 aliphatic carbocycles. The number of hydrogen-bond donors (Lipinski definition) is 0. The van der Waals surface area contributed by atoms with Gasteiger partial charge in [0.1, 0.15) is 40.9 Å². The summed E-state index contributed by atoms with van der Waals surface area (Å²) in [5, 5.41) is 4.05. The van der Waals surface area contributed by atoms with Crippen molar-refractivity contribution in [1.29, 1.82) is 0 Å². The second-order valence-electron chi connectivity index (χ2n) is 9.43. The highest BCUT2D eigenvalue weighted by Gasteiger charge is 2.44. The maximum Gasteiger partial charge on any atom is 0.140 e. The van der Waals surface area contributed by atoms with E-state index in [-0.39, 0.29) is 23.1 Å². The lowest BCUT2D eigenvalue weighted by atomic mass is 9.81. The summed E-state index contributed by atoms with van der Waals surface area (Å²) in [6, 6.07) is 43.9. The Morgan fingerprint density at radius 1 is 0.639 bits per heavy atom. The zero-order chi connectivity index (χ0) is 23.9. The molecule has 0 heterocycles. The van der Waals surface area contributed by atoms with Crippen LogP contribution >= 0.6 is 7.26 Å². The van der Waals surface area contributed by atoms with Gasteiger partial charge in [0.15, 0.2) is 0 Å². The molecule has 0 N–H and O–H groups in total. The van der Waals surface area contributed by atoms with Gasteiger partial charge in [-0.25, -0.2) is 0 Å². The molecule has 0 aliphatic heterocycles. The molecule has 4 aromatic rings. The maximum atomic E-state index is 6.87. The summed E-state index contributed by atoms with van der Waals surface area (Å²) in [4.78, 5) is 0. The van der Waals surface area contributed by atoms with Crippen LogP contribution in [0.4, 0.5) is 0 Å². The van der Waals surface area contributed by atoms with Crippen LogP contribution in [0.3, 0.4) is 0 Å². The third-order valence-corrected chi connectivity index (χ3v) is 11.2. The molecule has 2 atom stereocenters. The van der Waals surface area contributed by atoms with Crippen LogP contribution in [-0.4, -0.2) is 6.10 Å². The minimum Gasteiger partial charge on any atom is -1.00 e. The molecule has 1 fully saturated rings. The molecule has 4 aromatic carbocycles. The second-order valence-corrected chi connectivity index (χ2v) is 12.7.